The van der Waals surface area contributed by atoms with E-state index >= 15 is 0 Å². The minimum Gasteiger partial charge on any atom is -0.435 e. The molecule has 0 bridgehead atoms. The second kappa shape index (κ2) is 9.95. The van der Waals surface area contributed by atoms with Gasteiger partial charge < -0.3 is 20.5 Å². The standard InChI is InChI=1S/C17H21F2N3O2S/c1-2-20-17(21-10-14-4-3-9-25-14)22-11-15(23)12-5-7-13(8-6-12)24-16(18)19/h3-9,15-16,23H,2,10-11H2,1H3,(H2,20,21,22). The predicted molar refractivity (Wildman–Crippen MR) is 95.2 cm³/mol. The minimum absolute atomic E-state index is 0.0600. The number of benzene rings is 1. The molecule has 5 nitrogen and oxygen atoms in total. The van der Waals surface area contributed by atoms with Crippen LogP contribution in [0.15, 0.2) is 46.8 Å². The fourth-order valence-electron chi connectivity index (χ4n) is 2.08. The van der Waals surface area contributed by atoms with Crippen molar-refractivity contribution in [3.05, 3.63) is 52.2 Å². The van der Waals surface area contributed by atoms with Gasteiger partial charge in [-0.3, -0.25) is 0 Å². The lowest BCUT2D eigenvalue weighted by molar-refractivity contribution is -0.0498. The van der Waals surface area contributed by atoms with Crippen LogP contribution in [-0.2, 0) is 6.54 Å². The topological polar surface area (TPSA) is 65.9 Å². The summed E-state index contributed by atoms with van der Waals surface area (Å²) in [7, 11) is 0. The molecule has 0 radical (unpaired) electrons. The highest BCUT2D eigenvalue weighted by Crippen LogP contribution is 2.19. The van der Waals surface area contributed by atoms with Crippen molar-refractivity contribution in [2.24, 2.45) is 4.99 Å². The van der Waals surface area contributed by atoms with Crippen LogP contribution in [0.5, 0.6) is 5.75 Å². The Morgan fingerprint density at radius 3 is 2.60 bits per heavy atom. The Bertz CT molecular complexity index is 648. The molecular formula is C17H21F2N3O2S. The van der Waals surface area contributed by atoms with E-state index in [1.165, 1.54) is 12.1 Å². The number of hydrogen-bond donors (Lipinski definition) is 3. The first-order chi connectivity index (χ1) is 12.1. The molecule has 1 unspecified atom stereocenters. The van der Waals surface area contributed by atoms with Crippen LogP contribution in [0.2, 0.25) is 0 Å². The van der Waals surface area contributed by atoms with E-state index in [1.54, 1.807) is 23.5 Å². The summed E-state index contributed by atoms with van der Waals surface area (Å²) >= 11 is 1.63. The fourth-order valence-corrected chi connectivity index (χ4v) is 2.71. The molecule has 0 spiro atoms. The quantitative estimate of drug-likeness (QED) is 0.494. The highest BCUT2D eigenvalue weighted by atomic mass is 32.1. The molecule has 136 valence electrons. The predicted octanol–water partition coefficient (Wildman–Crippen LogP) is 3.14. The van der Waals surface area contributed by atoms with Crippen molar-refractivity contribution in [1.82, 2.24) is 10.6 Å². The Labute approximate surface area is 149 Å². The second-order valence-electron chi connectivity index (χ2n) is 5.12. The van der Waals surface area contributed by atoms with Gasteiger partial charge in [0.2, 0.25) is 0 Å². The summed E-state index contributed by atoms with van der Waals surface area (Å²) in [5, 5.41) is 18.4. The Morgan fingerprint density at radius 2 is 2.00 bits per heavy atom. The number of nitrogens with one attached hydrogen (secondary N) is 2. The van der Waals surface area contributed by atoms with Gasteiger partial charge in [-0.25, -0.2) is 4.99 Å². The molecule has 25 heavy (non-hydrogen) atoms. The zero-order valence-corrected chi connectivity index (χ0v) is 14.6. The summed E-state index contributed by atoms with van der Waals surface area (Å²) in [6.07, 6.45) is -0.800. The number of alkyl halides is 2. The van der Waals surface area contributed by atoms with E-state index in [-0.39, 0.29) is 12.3 Å². The summed E-state index contributed by atoms with van der Waals surface area (Å²) in [5.41, 5.74) is 0.600. The lowest BCUT2D eigenvalue weighted by Crippen LogP contribution is -2.39. The normalized spacial score (nSPS) is 12.9. The van der Waals surface area contributed by atoms with Gasteiger partial charge >= 0.3 is 6.61 Å². The smallest absolute Gasteiger partial charge is 0.387 e. The Kier molecular flexibility index (Phi) is 7.62. The molecule has 0 aliphatic rings. The molecule has 0 aliphatic carbocycles. The van der Waals surface area contributed by atoms with Crippen molar-refractivity contribution >= 4 is 17.3 Å². The first kappa shape index (κ1) is 19.1. The lowest BCUT2D eigenvalue weighted by atomic mass is 10.1. The van der Waals surface area contributed by atoms with Crippen LogP contribution >= 0.6 is 11.3 Å². The highest BCUT2D eigenvalue weighted by Gasteiger charge is 2.10. The maximum absolute atomic E-state index is 12.1. The van der Waals surface area contributed by atoms with Gasteiger partial charge in [0.15, 0.2) is 5.96 Å². The third-order valence-corrected chi connectivity index (χ3v) is 4.13. The van der Waals surface area contributed by atoms with E-state index in [2.05, 4.69) is 20.4 Å². The van der Waals surface area contributed by atoms with Crippen LogP contribution in [0.4, 0.5) is 8.78 Å². The molecule has 8 heteroatoms. The largest absolute Gasteiger partial charge is 0.435 e. The van der Waals surface area contributed by atoms with E-state index in [0.29, 0.717) is 24.6 Å². The van der Waals surface area contributed by atoms with Crippen molar-refractivity contribution in [2.75, 3.05) is 13.1 Å². The molecule has 1 heterocycles. The monoisotopic (exact) mass is 369 g/mol. The molecule has 1 aromatic carbocycles. The van der Waals surface area contributed by atoms with Crippen molar-refractivity contribution in [3.8, 4) is 5.75 Å². The number of aliphatic imine (C=N–C) groups is 1. The zero-order chi connectivity index (χ0) is 18.1. The third-order valence-electron chi connectivity index (χ3n) is 3.27. The van der Waals surface area contributed by atoms with Gasteiger partial charge in [0, 0.05) is 18.0 Å². The van der Waals surface area contributed by atoms with E-state index in [4.69, 9.17) is 0 Å². The summed E-state index contributed by atoms with van der Waals surface area (Å²) < 4.78 is 28.6. The van der Waals surface area contributed by atoms with E-state index < -0.39 is 12.7 Å². The van der Waals surface area contributed by atoms with E-state index in [9.17, 15) is 13.9 Å². The SMILES string of the molecule is CCNC(=NCc1cccs1)NCC(O)c1ccc(OC(F)F)cc1. The van der Waals surface area contributed by atoms with Gasteiger partial charge in [0.25, 0.3) is 0 Å². The molecule has 0 aliphatic heterocycles. The molecular weight excluding hydrogens is 348 g/mol. The van der Waals surface area contributed by atoms with Gasteiger partial charge in [-0.15, -0.1) is 11.3 Å². The highest BCUT2D eigenvalue weighted by molar-refractivity contribution is 7.09. The average Bonchev–Trinajstić information content (AvgIpc) is 3.10. The molecule has 0 saturated carbocycles. The molecule has 2 rings (SSSR count). The number of aliphatic hydroxyl groups excluding tert-OH is 1. The summed E-state index contributed by atoms with van der Waals surface area (Å²) in [6, 6.07) is 9.90. The van der Waals surface area contributed by atoms with E-state index in [0.717, 1.165) is 4.88 Å². The number of ether oxygens (including phenoxy) is 1. The number of rotatable bonds is 8. The third kappa shape index (κ3) is 6.67. The Hall–Kier alpha value is -2.19. The minimum atomic E-state index is -2.86. The van der Waals surface area contributed by atoms with E-state index in [1.807, 2.05) is 24.4 Å². The number of nitrogens with zero attached hydrogens (tertiary/aromatic N) is 1. The molecule has 0 fully saturated rings. The van der Waals surface area contributed by atoms with Crippen molar-refractivity contribution in [3.63, 3.8) is 0 Å². The number of thiophene rings is 1. The van der Waals surface area contributed by atoms with Crippen LogP contribution in [-0.4, -0.2) is 30.8 Å². The lowest BCUT2D eigenvalue weighted by Gasteiger charge is -2.16. The van der Waals surface area contributed by atoms with Crippen molar-refractivity contribution in [2.45, 2.75) is 26.2 Å². The van der Waals surface area contributed by atoms with Crippen LogP contribution in [0, 0.1) is 0 Å². The van der Waals surface area contributed by atoms with Crippen molar-refractivity contribution in [1.29, 1.82) is 0 Å². The molecule has 3 N–H and O–H groups in total. The summed E-state index contributed by atoms with van der Waals surface area (Å²) in [6.45, 7) is 0.598. The van der Waals surface area contributed by atoms with Crippen LogP contribution in [0.1, 0.15) is 23.5 Å². The molecule has 0 saturated heterocycles. The molecule has 2 aromatic rings. The maximum Gasteiger partial charge on any atom is 0.387 e. The number of hydrogen-bond acceptors (Lipinski definition) is 4. The van der Waals surface area contributed by atoms with Crippen LogP contribution < -0.4 is 15.4 Å². The molecule has 1 aromatic heterocycles. The number of guanidine groups is 1. The second-order valence-corrected chi connectivity index (χ2v) is 6.15. The van der Waals surface area contributed by atoms with Crippen LogP contribution in [0.25, 0.3) is 0 Å². The summed E-state index contributed by atoms with van der Waals surface area (Å²) in [4.78, 5) is 5.60. The first-order valence-corrected chi connectivity index (χ1v) is 8.74. The Balaban J connectivity index is 1.89. The van der Waals surface area contributed by atoms with Gasteiger partial charge in [-0.05, 0) is 36.1 Å². The van der Waals surface area contributed by atoms with Crippen molar-refractivity contribution < 1.29 is 18.6 Å². The molecule has 0 amide bonds. The summed E-state index contributed by atoms with van der Waals surface area (Å²) in [5.74, 6) is 0.664. The van der Waals surface area contributed by atoms with Gasteiger partial charge in [0.1, 0.15) is 5.75 Å². The maximum atomic E-state index is 12.1. The molecule has 1 atom stereocenters. The average molecular weight is 369 g/mol. The van der Waals surface area contributed by atoms with Gasteiger partial charge in [-0.1, -0.05) is 18.2 Å². The number of halogens is 2. The first-order valence-electron chi connectivity index (χ1n) is 7.86. The zero-order valence-electron chi connectivity index (χ0n) is 13.8. The van der Waals surface area contributed by atoms with Gasteiger partial charge in [-0.2, -0.15) is 8.78 Å². The fraction of sp³-hybridized carbons (Fsp3) is 0.353. The Morgan fingerprint density at radius 1 is 1.24 bits per heavy atom. The van der Waals surface area contributed by atoms with Crippen LogP contribution in [0.3, 0.4) is 0 Å². The number of aliphatic hydroxyl groups is 1. The van der Waals surface area contributed by atoms with Gasteiger partial charge in [0.05, 0.1) is 12.6 Å².